The maximum absolute atomic E-state index is 11.5. The topological polar surface area (TPSA) is 61.6 Å². The summed E-state index contributed by atoms with van der Waals surface area (Å²) < 4.78 is 0. The van der Waals surface area contributed by atoms with Crippen molar-refractivity contribution in [3.05, 3.63) is 23.8 Å². The zero-order valence-electron chi connectivity index (χ0n) is 10.5. The van der Waals surface area contributed by atoms with E-state index in [2.05, 4.69) is 23.2 Å². The maximum Gasteiger partial charge on any atom is 0.317 e. The Morgan fingerprint density at radius 2 is 2.22 bits per heavy atom. The van der Waals surface area contributed by atoms with E-state index in [0.717, 1.165) is 37.6 Å². The third kappa shape index (κ3) is 1.75. The fraction of sp³-hybridized carbons (Fsp3) is 0.462. The average Bonchev–Trinajstić information content (AvgIpc) is 2.74. The molecule has 18 heavy (non-hydrogen) atoms. The number of amides is 2. The highest BCUT2D eigenvalue weighted by Crippen LogP contribution is 2.27. The molecule has 2 aliphatic rings. The molecule has 96 valence electrons. The van der Waals surface area contributed by atoms with Gasteiger partial charge in [-0.2, -0.15) is 0 Å². The predicted molar refractivity (Wildman–Crippen MR) is 71.7 cm³/mol. The minimum atomic E-state index is 0.0665. The van der Waals surface area contributed by atoms with Crippen molar-refractivity contribution in [1.82, 2.24) is 10.2 Å². The molecular formula is C13H18N4O. The lowest BCUT2D eigenvalue weighted by molar-refractivity contribution is 0.198. The number of carbonyl (C=O) groups is 1. The lowest BCUT2D eigenvalue weighted by Gasteiger charge is -2.38. The van der Waals surface area contributed by atoms with Crippen molar-refractivity contribution in [2.75, 3.05) is 36.8 Å². The van der Waals surface area contributed by atoms with E-state index in [1.807, 2.05) is 17.0 Å². The first-order valence-corrected chi connectivity index (χ1v) is 6.30. The number of nitrogens with zero attached hydrogens (tertiary/aromatic N) is 2. The van der Waals surface area contributed by atoms with E-state index < -0.39 is 0 Å². The molecule has 3 rings (SSSR count). The van der Waals surface area contributed by atoms with Crippen LogP contribution in [0.2, 0.25) is 0 Å². The van der Waals surface area contributed by atoms with Crippen molar-refractivity contribution in [3.63, 3.8) is 0 Å². The standard InChI is InChI=1S/C13H18N4O/c1-9-2-3-11(14)12(6-9)16-4-5-17-10(8-16)7-15-13(17)18/h2-3,6,10H,4-5,7-8,14H2,1H3,(H,15,18). The highest BCUT2D eigenvalue weighted by molar-refractivity contribution is 5.78. The summed E-state index contributed by atoms with van der Waals surface area (Å²) in [6.45, 7) is 5.27. The molecular weight excluding hydrogens is 228 g/mol. The molecule has 0 spiro atoms. The van der Waals surface area contributed by atoms with Crippen molar-refractivity contribution in [2.24, 2.45) is 0 Å². The van der Waals surface area contributed by atoms with Gasteiger partial charge in [0.15, 0.2) is 0 Å². The number of nitrogens with one attached hydrogen (secondary N) is 1. The van der Waals surface area contributed by atoms with Crippen LogP contribution in [0.1, 0.15) is 5.56 Å². The van der Waals surface area contributed by atoms with Gasteiger partial charge in [-0.05, 0) is 24.6 Å². The second-order valence-corrected chi connectivity index (χ2v) is 5.04. The second kappa shape index (κ2) is 4.08. The smallest absolute Gasteiger partial charge is 0.317 e. The summed E-state index contributed by atoms with van der Waals surface area (Å²) in [6, 6.07) is 6.43. The van der Waals surface area contributed by atoms with E-state index >= 15 is 0 Å². The first kappa shape index (κ1) is 11.2. The number of piperazine rings is 1. The van der Waals surface area contributed by atoms with Gasteiger partial charge >= 0.3 is 6.03 Å². The van der Waals surface area contributed by atoms with Crippen LogP contribution in [0.15, 0.2) is 18.2 Å². The molecule has 2 saturated heterocycles. The van der Waals surface area contributed by atoms with Crippen LogP contribution in [-0.4, -0.2) is 43.2 Å². The molecule has 3 N–H and O–H groups in total. The molecule has 2 fully saturated rings. The third-order valence-electron chi connectivity index (χ3n) is 3.76. The lowest BCUT2D eigenvalue weighted by Crippen LogP contribution is -2.52. The van der Waals surface area contributed by atoms with Crippen molar-refractivity contribution in [3.8, 4) is 0 Å². The Morgan fingerprint density at radius 3 is 3.06 bits per heavy atom. The zero-order valence-corrected chi connectivity index (χ0v) is 10.5. The second-order valence-electron chi connectivity index (χ2n) is 5.04. The quantitative estimate of drug-likeness (QED) is 0.720. The molecule has 0 aromatic heterocycles. The van der Waals surface area contributed by atoms with Gasteiger partial charge in [0.05, 0.1) is 17.4 Å². The molecule has 1 unspecified atom stereocenters. The molecule has 5 nitrogen and oxygen atoms in total. The summed E-state index contributed by atoms with van der Waals surface area (Å²) >= 11 is 0. The fourth-order valence-corrected chi connectivity index (χ4v) is 2.75. The van der Waals surface area contributed by atoms with Crippen LogP contribution in [0, 0.1) is 6.92 Å². The van der Waals surface area contributed by atoms with E-state index in [4.69, 9.17) is 5.73 Å². The van der Waals surface area contributed by atoms with Crippen LogP contribution in [0.3, 0.4) is 0 Å². The number of anilines is 2. The van der Waals surface area contributed by atoms with Gasteiger partial charge in [0.2, 0.25) is 0 Å². The Labute approximate surface area is 107 Å². The predicted octanol–water partition coefficient (Wildman–Crippen LogP) is 0.791. The number of carbonyl (C=O) groups excluding carboxylic acids is 1. The van der Waals surface area contributed by atoms with Crippen LogP contribution in [0.4, 0.5) is 16.2 Å². The summed E-state index contributed by atoms with van der Waals surface area (Å²) in [7, 11) is 0. The fourth-order valence-electron chi connectivity index (χ4n) is 2.75. The number of aryl methyl sites for hydroxylation is 1. The molecule has 1 aromatic carbocycles. The molecule has 2 amide bonds. The number of rotatable bonds is 1. The van der Waals surface area contributed by atoms with Gasteiger partial charge < -0.3 is 20.9 Å². The molecule has 0 bridgehead atoms. The number of urea groups is 1. The van der Waals surface area contributed by atoms with Gasteiger partial charge in [-0.3, -0.25) is 0 Å². The van der Waals surface area contributed by atoms with Crippen LogP contribution in [0.5, 0.6) is 0 Å². The van der Waals surface area contributed by atoms with E-state index in [1.165, 1.54) is 5.56 Å². The van der Waals surface area contributed by atoms with Crippen LogP contribution in [-0.2, 0) is 0 Å². The Morgan fingerprint density at radius 1 is 1.39 bits per heavy atom. The van der Waals surface area contributed by atoms with E-state index in [9.17, 15) is 4.79 Å². The van der Waals surface area contributed by atoms with Crippen LogP contribution in [0.25, 0.3) is 0 Å². The summed E-state index contributed by atoms with van der Waals surface area (Å²) in [5.41, 5.74) is 9.16. The number of hydrogen-bond acceptors (Lipinski definition) is 3. The SMILES string of the molecule is Cc1ccc(N)c(N2CCN3C(=O)NCC3C2)c1. The van der Waals surface area contributed by atoms with Crippen molar-refractivity contribution < 1.29 is 4.79 Å². The van der Waals surface area contributed by atoms with E-state index in [1.54, 1.807) is 0 Å². The minimum Gasteiger partial charge on any atom is -0.397 e. The van der Waals surface area contributed by atoms with E-state index in [-0.39, 0.29) is 12.1 Å². The third-order valence-corrected chi connectivity index (χ3v) is 3.76. The van der Waals surface area contributed by atoms with Crippen molar-refractivity contribution >= 4 is 17.4 Å². The molecule has 0 radical (unpaired) electrons. The normalized spacial score (nSPS) is 22.9. The van der Waals surface area contributed by atoms with Gasteiger partial charge in [0.1, 0.15) is 0 Å². The average molecular weight is 246 g/mol. The van der Waals surface area contributed by atoms with Crippen LogP contribution >= 0.6 is 0 Å². The molecule has 0 saturated carbocycles. The highest BCUT2D eigenvalue weighted by Gasteiger charge is 2.35. The Bertz CT molecular complexity index is 488. The summed E-state index contributed by atoms with van der Waals surface area (Å²) in [6.07, 6.45) is 0. The molecule has 1 atom stereocenters. The van der Waals surface area contributed by atoms with Gasteiger partial charge in [-0.1, -0.05) is 6.07 Å². The number of nitrogen functional groups attached to an aromatic ring is 1. The van der Waals surface area contributed by atoms with Crippen molar-refractivity contribution in [2.45, 2.75) is 13.0 Å². The first-order chi connectivity index (χ1) is 8.65. The van der Waals surface area contributed by atoms with Gasteiger partial charge in [-0.25, -0.2) is 4.79 Å². The Hall–Kier alpha value is -1.91. The summed E-state index contributed by atoms with van der Waals surface area (Å²) in [4.78, 5) is 15.7. The number of nitrogens with two attached hydrogens (primary N) is 1. The minimum absolute atomic E-state index is 0.0665. The Balaban J connectivity index is 1.82. The molecule has 0 aliphatic carbocycles. The van der Waals surface area contributed by atoms with E-state index in [0.29, 0.717) is 0 Å². The van der Waals surface area contributed by atoms with Gasteiger partial charge in [-0.15, -0.1) is 0 Å². The highest BCUT2D eigenvalue weighted by atomic mass is 16.2. The Kier molecular flexibility index (Phi) is 2.54. The first-order valence-electron chi connectivity index (χ1n) is 6.30. The molecule has 2 aliphatic heterocycles. The maximum atomic E-state index is 11.5. The molecule has 1 aromatic rings. The molecule has 2 heterocycles. The van der Waals surface area contributed by atoms with Gasteiger partial charge in [0.25, 0.3) is 0 Å². The summed E-state index contributed by atoms with van der Waals surface area (Å²) in [5, 5.41) is 2.89. The number of hydrogen-bond donors (Lipinski definition) is 2. The zero-order chi connectivity index (χ0) is 12.7. The lowest BCUT2D eigenvalue weighted by atomic mass is 10.1. The monoisotopic (exact) mass is 246 g/mol. The largest absolute Gasteiger partial charge is 0.397 e. The van der Waals surface area contributed by atoms with Crippen molar-refractivity contribution in [1.29, 1.82) is 0 Å². The van der Waals surface area contributed by atoms with Gasteiger partial charge in [0, 0.05) is 26.2 Å². The number of benzene rings is 1. The molecule has 5 heteroatoms. The summed E-state index contributed by atoms with van der Waals surface area (Å²) in [5.74, 6) is 0. The van der Waals surface area contributed by atoms with Crippen LogP contribution < -0.4 is 16.0 Å². The number of fused-ring (bicyclic) bond motifs is 1.